The molecule has 5 aliphatic rings. The summed E-state index contributed by atoms with van der Waals surface area (Å²) in [6, 6.07) is 0. The van der Waals surface area contributed by atoms with Gasteiger partial charge in [-0.3, -0.25) is 14.5 Å². The van der Waals surface area contributed by atoms with Crippen molar-refractivity contribution >= 4 is 11.8 Å². The first-order chi connectivity index (χ1) is 8.92. The Labute approximate surface area is 110 Å². The van der Waals surface area contributed by atoms with Crippen LogP contribution >= 0.6 is 0 Å². The number of imide groups is 1. The number of rotatable bonds is 2. The van der Waals surface area contributed by atoms with Crippen molar-refractivity contribution < 1.29 is 19.4 Å². The zero-order valence-electron chi connectivity index (χ0n) is 10.8. The summed E-state index contributed by atoms with van der Waals surface area (Å²) in [5.41, 5.74) is -1.65. The van der Waals surface area contributed by atoms with Crippen molar-refractivity contribution in [3.63, 3.8) is 0 Å². The quantitative estimate of drug-likeness (QED) is 0.421. The van der Waals surface area contributed by atoms with Crippen LogP contribution in [0.5, 0.6) is 0 Å². The topological polar surface area (TPSA) is 70.1 Å². The van der Waals surface area contributed by atoms with Gasteiger partial charge in [-0.05, 0) is 6.92 Å². The van der Waals surface area contributed by atoms with E-state index < -0.39 is 11.0 Å². The number of amides is 2. The molecule has 2 aliphatic heterocycles. The molecule has 6 unspecified atom stereocenters. The molecule has 0 aromatic carbocycles. The van der Waals surface area contributed by atoms with Crippen molar-refractivity contribution in [1.82, 2.24) is 4.90 Å². The van der Waals surface area contributed by atoms with E-state index in [2.05, 4.69) is 19.1 Å². The van der Waals surface area contributed by atoms with E-state index in [0.29, 0.717) is 0 Å². The Morgan fingerprint density at radius 1 is 1.37 bits per heavy atom. The third-order valence-corrected chi connectivity index (χ3v) is 6.59. The number of hydrogen-bond donors (Lipinski definition) is 1. The maximum Gasteiger partial charge on any atom is 0.239 e. The molecule has 0 radical (unpaired) electrons. The Balaban J connectivity index is 1.67. The minimum Gasteiger partial charge on any atom is -0.395 e. The van der Waals surface area contributed by atoms with Crippen molar-refractivity contribution in [3.05, 3.63) is 12.2 Å². The Bertz CT molecular complexity index is 615. The van der Waals surface area contributed by atoms with Crippen LogP contribution < -0.4 is 0 Å². The van der Waals surface area contributed by atoms with Crippen molar-refractivity contribution in [2.75, 3.05) is 13.2 Å². The molecule has 19 heavy (non-hydrogen) atoms. The summed E-state index contributed by atoms with van der Waals surface area (Å²) in [6.07, 6.45) is 4.16. The molecule has 0 bridgehead atoms. The number of carbonyl (C=O) groups excluding carboxylic acids is 2. The maximum absolute atomic E-state index is 12.7. The van der Waals surface area contributed by atoms with Gasteiger partial charge in [0.25, 0.3) is 0 Å². The van der Waals surface area contributed by atoms with Gasteiger partial charge in [-0.1, -0.05) is 19.1 Å². The number of epoxide rings is 1. The van der Waals surface area contributed by atoms with E-state index in [1.165, 1.54) is 4.90 Å². The molecule has 2 saturated carbocycles. The fourth-order valence-corrected chi connectivity index (χ4v) is 5.75. The van der Waals surface area contributed by atoms with E-state index >= 15 is 0 Å². The smallest absolute Gasteiger partial charge is 0.239 e. The largest absolute Gasteiger partial charge is 0.395 e. The zero-order chi connectivity index (χ0) is 13.4. The van der Waals surface area contributed by atoms with E-state index in [-0.39, 0.29) is 47.8 Å². The van der Waals surface area contributed by atoms with Gasteiger partial charge in [0.2, 0.25) is 11.8 Å². The number of piperidine rings is 1. The second-order valence-electron chi connectivity index (χ2n) is 6.83. The average Bonchev–Trinajstić information content (AvgIpc) is 3.20. The van der Waals surface area contributed by atoms with Gasteiger partial charge in [-0.15, -0.1) is 0 Å². The lowest BCUT2D eigenvalue weighted by Gasteiger charge is -2.38. The third kappa shape index (κ3) is 0.608. The van der Waals surface area contributed by atoms with Crippen LogP contribution in [0, 0.1) is 22.7 Å². The summed E-state index contributed by atoms with van der Waals surface area (Å²) >= 11 is 0. The summed E-state index contributed by atoms with van der Waals surface area (Å²) in [5.74, 6) is -0.380. The molecule has 2 spiro atoms. The SMILES string of the molecule is CC12C=CC13OC3(C)C13C(=O)N(CCO)C(=O)C1C23. The lowest BCUT2D eigenvalue weighted by atomic mass is 9.63. The molecule has 5 rings (SSSR count). The van der Waals surface area contributed by atoms with Crippen LogP contribution in [0.2, 0.25) is 0 Å². The van der Waals surface area contributed by atoms with Gasteiger partial charge in [0.1, 0.15) is 11.2 Å². The molecule has 5 nitrogen and oxygen atoms in total. The second-order valence-corrected chi connectivity index (χ2v) is 6.83. The zero-order valence-corrected chi connectivity index (χ0v) is 10.8. The van der Waals surface area contributed by atoms with E-state index in [4.69, 9.17) is 9.84 Å². The minimum absolute atomic E-state index is 0.0960. The van der Waals surface area contributed by atoms with Crippen molar-refractivity contribution in [2.45, 2.75) is 25.0 Å². The van der Waals surface area contributed by atoms with Crippen LogP contribution in [0.25, 0.3) is 0 Å². The Morgan fingerprint density at radius 2 is 2.11 bits per heavy atom. The van der Waals surface area contributed by atoms with Gasteiger partial charge in [0, 0.05) is 11.3 Å². The van der Waals surface area contributed by atoms with Gasteiger partial charge >= 0.3 is 0 Å². The monoisotopic (exact) mass is 261 g/mol. The average molecular weight is 261 g/mol. The van der Waals surface area contributed by atoms with Crippen LogP contribution in [0.4, 0.5) is 0 Å². The summed E-state index contributed by atoms with van der Waals surface area (Å²) in [4.78, 5) is 26.4. The summed E-state index contributed by atoms with van der Waals surface area (Å²) in [7, 11) is 0. The number of likely N-dealkylation sites (tertiary alicyclic amines) is 1. The first kappa shape index (κ1) is 10.6. The molecule has 2 amide bonds. The van der Waals surface area contributed by atoms with Gasteiger partial charge in [0.05, 0.1) is 24.5 Å². The molecule has 0 aromatic heterocycles. The first-order valence-corrected chi connectivity index (χ1v) is 6.79. The molecule has 2 heterocycles. The normalized spacial score (nSPS) is 62.4. The highest BCUT2D eigenvalue weighted by Crippen LogP contribution is 2.94. The Hall–Kier alpha value is -1.20. The van der Waals surface area contributed by atoms with E-state index in [1.54, 1.807) is 0 Å². The fourth-order valence-electron chi connectivity index (χ4n) is 5.75. The predicted molar refractivity (Wildman–Crippen MR) is 62.7 cm³/mol. The lowest BCUT2D eigenvalue weighted by Crippen LogP contribution is -2.44. The molecule has 2 saturated heterocycles. The molecule has 6 atom stereocenters. The van der Waals surface area contributed by atoms with Crippen LogP contribution in [-0.4, -0.2) is 46.2 Å². The number of fused-ring (bicyclic) bond motifs is 2. The number of aliphatic hydroxyl groups excluding tert-OH is 1. The second kappa shape index (κ2) is 2.29. The summed E-state index contributed by atoms with van der Waals surface area (Å²) in [6.45, 7) is 4.01. The number of β-amino-alcohol motifs (C(OH)–C–C–N with tert-alkyl or cyclic N) is 1. The minimum atomic E-state index is -0.655. The predicted octanol–water partition coefficient (Wildman–Crippen LogP) is -0.303. The number of ether oxygens (including phenoxy) is 1. The molecular formula is C14H15NO4. The highest BCUT2D eigenvalue weighted by molar-refractivity contribution is 6.15. The highest BCUT2D eigenvalue weighted by Gasteiger charge is 3.06. The standard InChI is InChI=1S/C14H15NO4/c1-11-3-4-13(11)12(2,19-13)14-7(8(11)14)9(17)15(5-6-16)10(14)18/h3-4,7-8,16H,5-6H2,1-2H3. The molecule has 1 N–H and O–H groups in total. The molecule has 100 valence electrons. The van der Waals surface area contributed by atoms with Crippen molar-refractivity contribution in [1.29, 1.82) is 0 Å². The Kier molecular flexibility index (Phi) is 1.27. The number of hydrogen-bond acceptors (Lipinski definition) is 4. The van der Waals surface area contributed by atoms with E-state index in [9.17, 15) is 9.59 Å². The van der Waals surface area contributed by atoms with E-state index in [1.807, 2.05) is 6.92 Å². The van der Waals surface area contributed by atoms with Gasteiger partial charge in [-0.25, -0.2) is 0 Å². The van der Waals surface area contributed by atoms with Gasteiger partial charge < -0.3 is 9.84 Å². The summed E-state index contributed by atoms with van der Waals surface area (Å²) < 4.78 is 5.98. The maximum atomic E-state index is 12.7. The number of nitrogens with zero attached hydrogens (tertiary/aromatic N) is 1. The molecule has 4 fully saturated rings. The van der Waals surface area contributed by atoms with Crippen LogP contribution in [0.1, 0.15) is 13.8 Å². The van der Waals surface area contributed by atoms with Crippen LogP contribution in [0.15, 0.2) is 12.2 Å². The van der Waals surface area contributed by atoms with Gasteiger partial charge in [0.15, 0.2) is 0 Å². The van der Waals surface area contributed by atoms with Crippen molar-refractivity contribution in [3.8, 4) is 0 Å². The third-order valence-electron chi connectivity index (χ3n) is 6.59. The van der Waals surface area contributed by atoms with E-state index in [0.717, 1.165) is 0 Å². The summed E-state index contributed by atoms with van der Waals surface area (Å²) in [5, 5.41) is 9.02. The molecular weight excluding hydrogens is 246 g/mol. The molecule has 0 aromatic rings. The Morgan fingerprint density at radius 3 is 2.68 bits per heavy atom. The van der Waals surface area contributed by atoms with Crippen LogP contribution in [-0.2, 0) is 14.3 Å². The molecule has 3 aliphatic carbocycles. The van der Waals surface area contributed by atoms with Gasteiger partial charge in [-0.2, -0.15) is 0 Å². The number of aliphatic hydroxyl groups is 1. The first-order valence-electron chi connectivity index (χ1n) is 6.79. The molecule has 5 heteroatoms. The fraction of sp³-hybridized carbons (Fsp3) is 0.714. The lowest BCUT2D eigenvalue weighted by molar-refractivity contribution is -0.146. The number of carbonyl (C=O) groups is 2. The van der Waals surface area contributed by atoms with Crippen LogP contribution in [0.3, 0.4) is 0 Å². The highest BCUT2D eigenvalue weighted by atomic mass is 16.6. The van der Waals surface area contributed by atoms with Crippen molar-refractivity contribution in [2.24, 2.45) is 22.7 Å².